The molecule has 0 saturated carbocycles. The van der Waals surface area contributed by atoms with Gasteiger partial charge in [0.15, 0.2) is 0 Å². The molecule has 20 heavy (non-hydrogen) atoms. The van der Waals surface area contributed by atoms with E-state index < -0.39 is 17.6 Å². The number of rotatable bonds is 2. The van der Waals surface area contributed by atoms with Gasteiger partial charge >= 0.3 is 6.18 Å². The third-order valence-electron chi connectivity index (χ3n) is 2.83. The zero-order valence-corrected chi connectivity index (χ0v) is 10.5. The molecule has 0 aliphatic carbocycles. The topological polar surface area (TPSA) is 35.2 Å². The molecule has 0 spiro atoms. The summed E-state index contributed by atoms with van der Waals surface area (Å²) in [6, 6.07) is 7.40. The Morgan fingerprint density at radius 3 is 2.15 bits per heavy atom. The number of anilines is 1. The predicted octanol–water partition coefficient (Wildman–Crippen LogP) is 4.10. The van der Waals surface area contributed by atoms with E-state index >= 15 is 0 Å². The summed E-state index contributed by atoms with van der Waals surface area (Å²) in [7, 11) is 1.44. The van der Waals surface area contributed by atoms with Crippen LogP contribution in [0, 0.1) is 5.82 Å². The average Bonchev–Trinajstić information content (AvgIpc) is 2.37. The molecule has 0 radical (unpaired) electrons. The second-order valence-corrected chi connectivity index (χ2v) is 4.15. The van der Waals surface area contributed by atoms with E-state index in [0.717, 1.165) is 12.1 Å². The van der Waals surface area contributed by atoms with Gasteiger partial charge < -0.3 is 10.5 Å². The van der Waals surface area contributed by atoms with E-state index in [0.29, 0.717) is 17.0 Å². The van der Waals surface area contributed by atoms with Gasteiger partial charge in [-0.25, -0.2) is 4.39 Å². The van der Waals surface area contributed by atoms with Crippen LogP contribution in [0.3, 0.4) is 0 Å². The summed E-state index contributed by atoms with van der Waals surface area (Å²) in [6.45, 7) is 0. The number of nitrogens with two attached hydrogens (primary N) is 1. The van der Waals surface area contributed by atoms with E-state index in [4.69, 9.17) is 10.5 Å². The first-order valence-electron chi connectivity index (χ1n) is 5.63. The van der Waals surface area contributed by atoms with E-state index in [1.54, 1.807) is 12.1 Å². The predicted molar refractivity (Wildman–Crippen MR) is 67.8 cm³/mol. The van der Waals surface area contributed by atoms with Crippen molar-refractivity contribution in [3.05, 3.63) is 47.8 Å². The molecule has 0 amide bonds. The van der Waals surface area contributed by atoms with Crippen molar-refractivity contribution in [2.24, 2.45) is 0 Å². The minimum Gasteiger partial charge on any atom is -0.495 e. The Morgan fingerprint density at radius 2 is 1.60 bits per heavy atom. The Hall–Kier alpha value is -2.24. The van der Waals surface area contributed by atoms with Gasteiger partial charge in [0.1, 0.15) is 11.6 Å². The lowest BCUT2D eigenvalue weighted by Gasteiger charge is -2.11. The number of alkyl halides is 3. The Balaban J connectivity index is 2.51. The smallest absolute Gasteiger partial charge is 0.419 e. The number of halogens is 4. The van der Waals surface area contributed by atoms with Crippen molar-refractivity contribution >= 4 is 5.69 Å². The number of methoxy groups -OCH3 is 1. The minimum absolute atomic E-state index is 0.230. The molecule has 2 aromatic carbocycles. The van der Waals surface area contributed by atoms with Gasteiger partial charge in [-0.1, -0.05) is 12.1 Å². The van der Waals surface area contributed by atoms with Crippen molar-refractivity contribution < 1.29 is 22.3 Å². The quantitative estimate of drug-likeness (QED) is 0.666. The van der Waals surface area contributed by atoms with Crippen molar-refractivity contribution in [1.82, 2.24) is 0 Å². The van der Waals surface area contributed by atoms with Crippen molar-refractivity contribution in [3.63, 3.8) is 0 Å². The summed E-state index contributed by atoms with van der Waals surface area (Å²) in [5, 5.41) is 0. The molecule has 0 saturated heterocycles. The highest BCUT2D eigenvalue weighted by molar-refractivity contribution is 5.71. The van der Waals surface area contributed by atoms with Gasteiger partial charge in [0, 0.05) is 0 Å². The molecular weight excluding hydrogens is 274 g/mol. The van der Waals surface area contributed by atoms with Gasteiger partial charge in [-0.05, 0) is 35.4 Å². The number of benzene rings is 2. The summed E-state index contributed by atoms with van der Waals surface area (Å²) in [4.78, 5) is 0. The first kappa shape index (κ1) is 14.2. The van der Waals surface area contributed by atoms with Crippen molar-refractivity contribution in [3.8, 4) is 16.9 Å². The second-order valence-electron chi connectivity index (χ2n) is 4.15. The minimum atomic E-state index is -4.74. The fraction of sp³-hybridized carbons (Fsp3) is 0.143. The zero-order valence-electron chi connectivity index (χ0n) is 10.5. The Kier molecular flexibility index (Phi) is 3.57. The highest BCUT2D eigenvalue weighted by Gasteiger charge is 2.34. The molecule has 0 atom stereocenters. The highest BCUT2D eigenvalue weighted by atomic mass is 19.4. The van der Waals surface area contributed by atoms with Crippen LogP contribution in [-0.4, -0.2) is 7.11 Å². The van der Waals surface area contributed by atoms with Gasteiger partial charge in [-0.3, -0.25) is 0 Å². The second kappa shape index (κ2) is 5.03. The number of ether oxygens (including phenoxy) is 1. The highest BCUT2D eigenvalue weighted by Crippen LogP contribution is 2.35. The van der Waals surface area contributed by atoms with Crippen LogP contribution >= 0.6 is 0 Å². The van der Waals surface area contributed by atoms with Crippen LogP contribution < -0.4 is 10.5 Å². The number of nitrogen functional groups attached to an aromatic ring is 1. The monoisotopic (exact) mass is 285 g/mol. The van der Waals surface area contributed by atoms with E-state index in [1.807, 2.05) is 0 Å². The Labute approximate surface area is 112 Å². The van der Waals surface area contributed by atoms with E-state index in [9.17, 15) is 17.6 Å². The van der Waals surface area contributed by atoms with Gasteiger partial charge in [0.05, 0.1) is 18.4 Å². The molecule has 2 aromatic rings. The maximum absolute atomic E-state index is 13.2. The third kappa shape index (κ3) is 2.68. The van der Waals surface area contributed by atoms with Gasteiger partial charge in [0.25, 0.3) is 0 Å². The molecule has 2 rings (SSSR count). The maximum Gasteiger partial charge on any atom is 0.419 e. The van der Waals surface area contributed by atoms with E-state index in [-0.39, 0.29) is 5.56 Å². The van der Waals surface area contributed by atoms with E-state index in [1.165, 1.54) is 19.2 Å². The Bertz CT molecular complexity index is 638. The summed E-state index contributed by atoms with van der Waals surface area (Å²) in [6.07, 6.45) is -4.74. The lowest BCUT2D eigenvalue weighted by Crippen LogP contribution is -2.08. The van der Waals surface area contributed by atoms with Crippen molar-refractivity contribution in [2.45, 2.75) is 6.18 Å². The molecule has 0 aliphatic heterocycles. The van der Waals surface area contributed by atoms with Crippen LogP contribution in [0.15, 0.2) is 36.4 Å². The van der Waals surface area contributed by atoms with Crippen molar-refractivity contribution in [1.29, 1.82) is 0 Å². The lowest BCUT2D eigenvalue weighted by atomic mass is 10.0. The zero-order chi connectivity index (χ0) is 14.9. The summed E-state index contributed by atoms with van der Waals surface area (Å²) < 4.78 is 56.2. The van der Waals surface area contributed by atoms with Crippen LogP contribution in [0.5, 0.6) is 5.75 Å². The molecule has 0 aliphatic rings. The fourth-order valence-corrected chi connectivity index (χ4v) is 1.84. The van der Waals surface area contributed by atoms with Crippen LogP contribution in [0.1, 0.15) is 5.56 Å². The number of hydrogen-bond acceptors (Lipinski definition) is 2. The standard InChI is InChI=1S/C14H11F4NO/c1-20-13-5-3-9(7-12(13)19)8-2-4-11(15)10(6-8)14(16,17)18/h2-7H,19H2,1H3. The fourth-order valence-electron chi connectivity index (χ4n) is 1.84. The van der Waals surface area contributed by atoms with Crippen molar-refractivity contribution in [2.75, 3.05) is 12.8 Å². The molecule has 0 heterocycles. The van der Waals surface area contributed by atoms with E-state index in [2.05, 4.69) is 0 Å². The first-order chi connectivity index (χ1) is 9.32. The Morgan fingerprint density at radius 1 is 1.00 bits per heavy atom. The molecule has 2 N–H and O–H groups in total. The molecule has 0 fully saturated rings. The SMILES string of the molecule is COc1ccc(-c2ccc(F)c(C(F)(F)F)c2)cc1N. The molecule has 0 bridgehead atoms. The van der Waals surface area contributed by atoms with Crippen LogP contribution in [-0.2, 0) is 6.18 Å². The molecule has 106 valence electrons. The van der Waals surface area contributed by atoms with Crippen LogP contribution in [0.2, 0.25) is 0 Å². The summed E-state index contributed by atoms with van der Waals surface area (Å²) in [5.41, 5.74) is 5.38. The third-order valence-corrected chi connectivity index (χ3v) is 2.83. The van der Waals surface area contributed by atoms with Crippen LogP contribution in [0.4, 0.5) is 23.2 Å². The molecule has 0 aromatic heterocycles. The largest absolute Gasteiger partial charge is 0.495 e. The number of hydrogen-bond donors (Lipinski definition) is 1. The van der Waals surface area contributed by atoms with Gasteiger partial charge in [0.2, 0.25) is 0 Å². The summed E-state index contributed by atoms with van der Waals surface area (Å²) in [5.74, 6) is -0.880. The molecule has 0 unspecified atom stereocenters. The molecular formula is C14H11F4NO. The van der Waals surface area contributed by atoms with Gasteiger partial charge in [-0.15, -0.1) is 0 Å². The molecule has 2 nitrogen and oxygen atoms in total. The van der Waals surface area contributed by atoms with Crippen LogP contribution in [0.25, 0.3) is 11.1 Å². The average molecular weight is 285 g/mol. The molecule has 6 heteroatoms. The first-order valence-corrected chi connectivity index (χ1v) is 5.63. The summed E-state index contributed by atoms with van der Waals surface area (Å²) >= 11 is 0. The maximum atomic E-state index is 13.2. The lowest BCUT2D eigenvalue weighted by molar-refractivity contribution is -0.139. The normalized spacial score (nSPS) is 11.4. The van der Waals surface area contributed by atoms with Gasteiger partial charge in [-0.2, -0.15) is 13.2 Å².